The Hall–Kier alpha value is -1.56. The highest BCUT2D eigenvalue weighted by atomic mass is 16.3. The second-order valence-electron chi connectivity index (χ2n) is 3.44. The molecule has 1 rings (SSSR count). The lowest BCUT2D eigenvalue weighted by Crippen LogP contribution is -2.33. The molecule has 15 heavy (non-hydrogen) atoms. The van der Waals surface area contributed by atoms with Crippen LogP contribution >= 0.6 is 0 Å². The first kappa shape index (κ1) is 11.5. The van der Waals surface area contributed by atoms with E-state index in [0.717, 1.165) is 6.42 Å². The highest BCUT2D eigenvalue weighted by Crippen LogP contribution is 2.06. The number of aromatic amines is 1. The Balaban J connectivity index is 2.46. The minimum absolute atomic E-state index is 0.00681. The van der Waals surface area contributed by atoms with Crippen LogP contribution in [0.1, 0.15) is 30.3 Å². The lowest BCUT2D eigenvalue weighted by molar-refractivity contribution is 0.0932. The molecule has 1 heterocycles. The number of anilines is 1. The quantitative estimate of drug-likeness (QED) is 0.546. The fourth-order valence-electron chi connectivity index (χ4n) is 1.24. The molecule has 0 aliphatic carbocycles. The maximum atomic E-state index is 11.6. The molecular formula is C9H16N4O2. The van der Waals surface area contributed by atoms with Crippen molar-refractivity contribution in [1.82, 2.24) is 15.5 Å². The number of nitrogens with one attached hydrogen (secondary N) is 2. The predicted octanol–water partition coefficient (Wildman–Crippen LogP) is -0.117. The van der Waals surface area contributed by atoms with Gasteiger partial charge in [-0.25, -0.2) is 0 Å². The zero-order valence-electron chi connectivity index (χ0n) is 8.66. The smallest absolute Gasteiger partial charge is 0.271 e. The van der Waals surface area contributed by atoms with Gasteiger partial charge in [-0.15, -0.1) is 0 Å². The molecule has 84 valence electrons. The normalized spacial score (nSPS) is 12.4. The van der Waals surface area contributed by atoms with E-state index in [9.17, 15) is 4.79 Å². The molecule has 6 nitrogen and oxygen atoms in total. The first-order chi connectivity index (χ1) is 7.15. The number of nitrogens with two attached hydrogens (primary N) is 1. The summed E-state index contributed by atoms with van der Waals surface area (Å²) in [6.45, 7) is 2.01. The van der Waals surface area contributed by atoms with Gasteiger partial charge in [-0.3, -0.25) is 9.89 Å². The van der Waals surface area contributed by atoms with Crippen LogP contribution in [0.25, 0.3) is 0 Å². The monoisotopic (exact) mass is 212 g/mol. The molecule has 1 aromatic heterocycles. The summed E-state index contributed by atoms with van der Waals surface area (Å²) in [6.07, 6.45) is 2.80. The molecule has 6 heteroatoms. The third kappa shape index (κ3) is 3.25. The first-order valence-electron chi connectivity index (χ1n) is 4.85. The average Bonchev–Trinajstić information content (AvgIpc) is 2.61. The van der Waals surface area contributed by atoms with Gasteiger partial charge in [0.05, 0.1) is 11.9 Å². The molecule has 0 saturated heterocycles. The fraction of sp³-hybridized carbons (Fsp3) is 0.556. The van der Waals surface area contributed by atoms with Crippen LogP contribution < -0.4 is 11.1 Å². The Bertz CT molecular complexity index is 324. The Morgan fingerprint density at radius 2 is 2.53 bits per heavy atom. The fourth-order valence-corrected chi connectivity index (χ4v) is 1.24. The van der Waals surface area contributed by atoms with Crippen molar-refractivity contribution < 1.29 is 9.90 Å². The van der Waals surface area contributed by atoms with Crippen LogP contribution in [0.4, 0.5) is 5.69 Å². The van der Waals surface area contributed by atoms with E-state index in [1.807, 2.05) is 6.92 Å². The van der Waals surface area contributed by atoms with Crippen LogP contribution in [0.3, 0.4) is 0 Å². The lowest BCUT2D eigenvalue weighted by Gasteiger charge is -2.12. The number of nitrogens with zero attached hydrogens (tertiary/aromatic N) is 1. The van der Waals surface area contributed by atoms with E-state index in [2.05, 4.69) is 15.5 Å². The minimum atomic E-state index is -0.268. The summed E-state index contributed by atoms with van der Waals surface area (Å²) in [5.41, 5.74) is 6.14. The Labute approximate surface area is 87.9 Å². The SMILES string of the molecule is CC(CCCO)NC(=O)c1[nH]ncc1N. The number of hydrogen-bond donors (Lipinski definition) is 4. The number of aromatic nitrogens is 2. The Morgan fingerprint density at radius 3 is 3.07 bits per heavy atom. The average molecular weight is 212 g/mol. The van der Waals surface area contributed by atoms with Gasteiger partial charge in [-0.1, -0.05) is 0 Å². The number of amides is 1. The summed E-state index contributed by atoms with van der Waals surface area (Å²) in [7, 11) is 0. The third-order valence-corrected chi connectivity index (χ3v) is 2.07. The third-order valence-electron chi connectivity index (χ3n) is 2.07. The van der Waals surface area contributed by atoms with Crippen molar-refractivity contribution >= 4 is 11.6 Å². The van der Waals surface area contributed by atoms with Crippen molar-refractivity contribution in [3.8, 4) is 0 Å². The number of nitrogen functional groups attached to an aromatic ring is 1. The zero-order valence-corrected chi connectivity index (χ0v) is 8.66. The summed E-state index contributed by atoms with van der Waals surface area (Å²) in [5, 5.41) is 17.6. The van der Waals surface area contributed by atoms with Crippen molar-refractivity contribution in [2.24, 2.45) is 0 Å². The minimum Gasteiger partial charge on any atom is -0.396 e. The molecule has 0 aliphatic rings. The maximum absolute atomic E-state index is 11.6. The Morgan fingerprint density at radius 1 is 1.80 bits per heavy atom. The van der Waals surface area contributed by atoms with E-state index in [4.69, 9.17) is 10.8 Å². The second kappa shape index (κ2) is 5.35. The molecule has 0 radical (unpaired) electrons. The molecule has 1 unspecified atom stereocenters. The van der Waals surface area contributed by atoms with Crippen molar-refractivity contribution in [2.45, 2.75) is 25.8 Å². The summed E-state index contributed by atoms with van der Waals surface area (Å²) < 4.78 is 0. The number of rotatable bonds is 5. The molecule has 0 spiro atoms. The standard InChI is InChI=1S/C9H16N4O2/c1-6(3-2-4-14)12-9(15)8-7(10)5-11-13-8/h5-6,14H,2-4,10H2,1H3,(H,11,13)(H,12,15). The number of carbonyl (C=O) groups excluding carboxylic acids is 1. The van der Waals surface area contributed by atoms with Crippen molar-refractivity contribution in [3.05, 3.63) is 11.9 Å². The van der Waals surface area contributed by atoms with Crippen LogP contribution in [0, 0.1) is 0 Å². The van der Waals surface area contributed by atoms with Crippen molar-refractivity contribution in [1.29, 1.82) is 0 Å². The van der Waals surface area contributed by atoms with Crippen molar-refractivity contribution in [2.75, 3.05) is 12.3 Å². The molecule has 1 amide bonds. The van der Waals surface area contributed by atoms with Crippen LogP contribution in [0.2, 0.25) is 0 Å². The van der Waals surface area contributed by atoms with Gasteiger partial charge in [0.2, 0.25) is 0 Å². The van der Waals surface area contributed by atoms with E-state index in [1.165, 1.54) is 6.20 Å². The largest absolute Gasteiger partial charge is 0.396 e. The van der Waals surface area contributed by atoms with Gasteiger partial charge in [0, 0.05) is 12.6 Å². The number of aliphatic hydroxyl groups excluding tert-OH is 1. The van der Waals surface area contributed by atoms with E-state index in [0.29, 0.717) is 12.1 Å². The number of H-pyrrole nitrogens is 1. The molecule has 0 saturated carbocycles. The lowest BCUT2D eigenvalue weighted by atomic mass is 10.2. The van der Waals surface area contributed by atoms with Crippen LogP contribution in [-0.4, -0.2) is 33.9 Å². The molecule has 0 aliphatic heterocycles. The van der Waals surface area contributed by atoms with Gasteiger partial charge in [0.1, 0.15) is 5.69 Å². The van der Waals surface area contributed by atoms with E-state index < -0.39 is 0 Å². The van der Waals surface area contributed by atoms with Crippen LogP contribution in [-0.2, 0) is 0 Å². The van der Waals surface area contributed by atoms with Crippen LogP contribution in [0.15, 0.2) is 6.20 Å². The highest BCUT2D eigenvalue weighted by molar-refractivity contribution is 5.97. The molecule has 5 N–H and O–H groups in total. The molecule has 1 aromatic rings. The van der Waals surface area contributed by atoms with Crippen molar-refractivity contribution in [3.63, 3.8) is 0 Å². The van der Waals surface area contributed by atoms with Gasteiger partial charge in [-0.2, -0.15) is 5.10 Å². The number of aliphatic hydroxyl groups is 1. The van der Waals surface area contributed by atoms with Gasteiger partial charge >= 0.3 is 0 Å². The zero-order chi connectivity index (χ0) is 11.3. The topological polar surface area (TPSA) is 104 Å². The molecule has 0 aromatic carbocycles. The summed E-state index contributed by atoms with van der Waals surface area (Å²) in [4.78, 5) is 11.6. The molecule has 0 bridgehead atoms. The Kier molecular flexibility index (Phi) is 4.11. The first-order valence-corrected chi connectivity index (χ1v) is 4.85. The second-order valence-corrected chi connectivity index (χ2v) is 3.44. The van der Waals surface area contributed by atoms with Gasteiger partial charge < -0.3 is 16.2 Å². The van der Waals surface area contributed by atoms with E-state index in [-0.39, 0.29) is 24.2 Å². The van der Waals surface area contributed by atoms with Crippen LogP contribution in [0.5, 0.6) is 0 Å². The summed E-state index contributed by atoms with van der Waals surface area (Å²) >= 11 is 0. The number of hydrogen-bond acceptors (Lipinski definition) is 4. The predicted molar refractivity (Wildman–Crippen MR) is 56.2 cm³/mol. The molecule has 0 fully saturated rings. The van der Waals surface area contributed by atoms with E-state index >= 15 is 0 Å². The molecule has 1 atom stereocenters. The number of carbonyl (C=O) groups is 1. The summed E-state index contributed by atoms with van der Waals surface area (Å²) in [6, 6.07) is 0.00681. The van der Waals surface area contributed by atoms with Gasteiger partial charge in [0.25, 0.3) is 5.91 Å². The molecular weight excluding hydrogens is 196 g/mol. The van der Waals surface area contributed by atoms with Gasteiger partial charge in [-0.05, 0) is 19.8 Å². The summed E-state index contributed by atoms with van der Waals surface area (Å²) in [5.74, 6) is -0.268. The van der Waals surface area contributed by atoms with E-state index in [1.54, 1.807) is 0 Å². The highest BCUT2D eigenvalue weighted by Gasteiger charge is 2.13. The maximum Gasteiger partial charge on any atom is 0.271 e. The van der Waals surface area contributed by atoms with Gasteiger partial charge in [0.15, 0.2) is 0 Å².